The quantitative estimate of drug-likeness (QED) is 0.0907. The van der Waals surface area contributed by atoms with Gasteiger partial charge in [0.15, 0.2) is 11.5 Å². The van der Waals surface area contributed by atoms with Gasteiger partial charge in [0.1, 0.15) is 11.2 Å². The number of benzene rings is 2. The Kier molecular flexibility index (Phi) is 10.2. The minimum Gasteiger partial charge on any atom is -0.481 e. The van der Waals surface area contributed by atoms with Crippen molar-refractivity contribution in [3.8, 4) is 34.1 Å². The number of aliphatic hydroxyl groups is 1. The first-order valence-electron chi connectivity index (χ1n) is 17.9. The summed E-state index contributed by atoms with van der Waals surface area (Å²) in [6.45, 7) is 2.96. The van der Waals surface area contributed by atoms with E-state index < -0.39 is 40.8 Å². The van der Waals surface area contributed by atoms with Crippen LogP contribution in [0.5, 0.6) is 11.8 Å². The number of aliphatic carboxylic acids is 1. The molecule has 54 heavy (non-hydrogen) atoms. The smallest absolute Gasteiger partial charge is 0.437 e. The van der Waals surface area contributed by atoms with Crippen LogP contribution in [0.25, 0.3) is 22.4 Å². The van der Waals surface area contributed by atoms with E-state index in [4.69, 9.17) is 26.1 Å². The second-order valence-electron chi connectivity index (χ2n) is 14.7. The summed E-state index contributed by atoms with van der Waals surface area (Å²) < 4.78 is 54.2. The molecule has 0 saturated heterocycles. The first-order chi connectivity index (χ1) is 25.7. The van der Waals surface area contributed by atoms with Crippen LogP contribution >= 0.6 is 11.6 Å². The number of aromatic nitrogens is 3. The largest absolute Gasteiger partial charge is 0.481 e. The summed E-state index contributed by atoms with van der Waals surface area (Å²) in [5, 5.41) is 29.2. The van der Waals surface area contributed by atoms with Gasteiger partial charge in [-0.3, -0.25) is 10.1 Å². The van der Waals surface area contributed by atoms with Gasteiger partial charge in [0, 0.05) is 29.8 Å². The van der Waals surface area contributed by atoms with Crippen molar-refractivity contribution >= 4 is 23.4 Å². The van der Waals surface area contributed by atoms with Crippen LogP contribution in [0.15, 0.2) is 48.5 Å². The van der Waals surface area contributed by atoms with E-state index in [-0.39, 0.29) is 18.1 Å². The van der Waals surface area contributed by atoms with Gasteiger partial charge >= 0.3 is 12.1 Å². The fourth-order valence-electron chi connectivity index (χ4n) is 7.71. The third-order valence-corrected chi connectivity index (χ3v) is 11.0. The molecule has 0 bridgehead atoms. The molecule has 2 saturated carbocycles. The number of nitrogens with zero attached hydrogens (tertiary/aromatic N) is 3. The second kappa shape index (κ2) is 14.6. The Morgan fingerprint density at radius 1 is 0.963 bits per heavy atom. The Balaban J connectivity index is 1.12. The van der Waals surface area contributed by atoms with Crippen molar-refractivity contribution in [3.63, 3.8) is 0 Å². The van der Waals surface area contributed by atoms with Gasteiger partial charge in [0.25, 0.3) is 0 Å². The van der Waals surface area contributed by atoms with Crippen molar-refractivity contribution in [2.45, 2.75) is 81.9 Å². The van der Waals surface area contributed by atoms with Gasteiger partial charge in [-0.2, -0.15) is 18.2 Å². The van der Waals surface area contributed by atoms with Crippen molar-refractivity contribution in [2.24, 2.45) is 5.92 Å². The van der Waals surface area contributed by atoms with Crippen LogP contribution in [-0.4, -0.2) is 63.0 Å². The van der Waals surface area contributed by atoms with Crippen molar-refractivity contribution in [2.75, 3.05) is 26.1 Å². The van der Waals surface area contributed by atoms with Crippen molar-refractivity contribution < 1.29 is 37.7 Å². The molecule has 286 valence electrons. The monoisotopic (exact) mass is 766 g/mol. The number of carbonyl (C=O) groups is 1. The van der Waals surface area contributed by atoms with Crippen LogP contribution in [0.1, 0.15) is 73.1 Å². The molecule has 15 heteroatoms. The molecular formula is C39H42ClF3N6O5. The molecule has 5 N–H and O–H groups in total. The van der Waals surface area contributed by atoms with Gasteiger partial charge in [-0.15, -0.1) is 0 Å². The summed E-state index contributed by atoms with van der Waals surface area (Å²) in [7, 11) is 2.86. The van der Waals surface area contributed by atoms with E-state index >= 15 is 0 Å². The standard InChI is InChI=1S/C39H42ClF3N6O5/c1-37(52)16-21(17-37)18-44-19-22-10-12-29(48-34(22)53-2)27-9-5-8-26(31(27)40)23-6-4-7-25-24(23)11-13-28(25)47-33-32(39(41,42)43)46-30(35(49-33)54-3)20-45-38(14-15-38)36(50)51/h4-10,12,21,28,44-45,52H,11,13-20H2,1-3H3,(H,47,49)(H,50,51)/t21-,28-,37-/m0/s1. The zero-order valence-electron chi connectivity index (χ0n) is 30.1. The number of methoxy groups -OCH3 is 2. The number of pyridine rings is 1. The molecule has 0 radical (unpaired) electrons. The molecule has 4 aromatic rings. The molecule has 0 amide bonds. The lowest BCUT2D eigenvalue weighted by atomic mass is 9.72. The van der Waals surface area contributed by atoms with E-state index in [0.717, 1.165) is 47.2 Å². The summed E-state index contributed by atoms with van der Waals surface area (Å²) in [6, 6.07) is 14.7. The second-order valence-corrected chi connectivity index (χ2v) is 15.0. The summed E-state index contributed by atoms with van der Waals surface area (Å²) in [6.07, 6.45) is -1.50. The number of nitrogens with one attached hydrogen (secondary N) is 3. The zero-order chi connectivity index (χ0) is 38.4. The number of hydrogen-bond acceptors (Lipinski definition) is 10. The molecule has 2 aromatic heterocycles. The lowest BCUT2D eigenvalue weighted by Gasteiger charge is -2.41. The normalized spacial score (nSPS) is 21.3. The maximum Gasteiger partial charge on any atom is 0.437 e. The molecule has 2 aromatic carbocycles. The van der Waals surface area contributed by atoms with Gasteiger partial charge in [0.2, 0.25) is 11.8 Å². The predicted octanol–water partition coefficient (Wildman–Crippen LogP) is 6.95. The van der Waals surface area contributed by atoms with Crippen LogP contribution in [0, 0.1) is 5.92 Å². The number of rotatable bonds is 14. The Bertz CT molecular complexity index is 2070. The van der Waals surface area contributed by atoms with E-state index in [0.29, 0.717) is 60.3 Å². The molecular weight excluding hydrogens is 725 g/mol. The Morgan fingerprint density at radius 3 is 2.33 bits per heavy atom. The number of carboxylic acid groups (broad SMARTS) is 1. The number of ether oxygens (including phenoxy) is 2. The van der Waals surface area contributed by atoms with Crippen LogP contribution in [0.4, 0.5) is 19.0 Å². The van der Waals surface area contributed by atoms with E-state index in [2.05, 4.69) is 25.9 Å². The summed E-state index contributed by atoms with van der Waals surface area (Å²) in [5.41, 5.74) is 2.53. The Labute approximate surface area is 315 Å². The molecule has 2 heterocycles. The lowest BCUT2D eigenvalue weighted by Crippen LogP contribution is -2.44. The molecule has 1 atom stereocenters. The minimum absolute atomic E-state index is 0.131. The molecule has 0 spiro atoms. The number of anilines is 1. The molecule has 0 aliphatic heterocycles. The molecule has 7 rings (SSSR count). The van der Waals surface area contributed by atoms with E-state index in [1.165, 1.54) is 7.11 Å². The zero-order valence-corrected chi connectivity index (χ0v) is 30.9. The molecule has 2 fully saturated rings. The third kappa shape index (κ3) is 7.57. The number of halogens is 4. The van der Waals surface area contributed by atoms with Gasteiger partial charge in [0.05, 0.1) is 36.6 Å². The van der Waals surface area contributed by atoms with E-state index in [1.807, 2.05) is 55.5 Å². The number of hydrogen-bond donors (Lipinski definition) is 5. The number of fused-ring (bicyclic) bond motifs is 1. The minimum atomic E-state index is -4.84. The molecule has 3 aliphatic rings. The van der Waals surface area contributed by atoms with Crippen LogP contribution in [0.2, 0.25) is 5.02 Å². The molecule has 0 unspecified atom stereocenters. The third-order valence-electron chi connectivity index (χ3n) is 10.6. The Hall–Kier alpha value is -4.50. The summed E-state index contributed by atoms with van der Waals surface area (Å²) in [5.74, 6) is -0.760. The fraction of sp³-hybridized carbons (Fsp3) is 0.436. The van der Waals surface area contributed by atoms with Gasteiger partial charge in [-0.25, -0.2) is 9.97 Å². The number of alkyl halides is 3. The van der Waals surface area contributed by atoms with E-state index in [9.17, 15) is 28.2 Å². The van der Waals surface area contributed by atoms with Gasteiger partial charge in [-0.1, -0.05) is 54.1 Å². The SMILES string of the molecule is COc1nc(-c2cccc(-c3cccc4c3CC[C@@H]4Nc3nc(OC)c(CNC4(C(=O)O)CC4)nc3C(F)(F)F)c2Cl)ccc1CNC[C@H]1C[C@](C)(O)C1. The first kappa shape index (κ1) is 37.8. The molecule has 11 nitrogen and oxygen atoms in total. The maximum absolute atomic E-state index is 14.4. The van der Waals surface area contributed by atoms with Crippen molar-refractivity contribution in [3.05, 3.63) is 81.6 Å². The summed E-state index contributed by atoms with van der Waals surface area (Å²) in [4.78, 5) is 24.5. The highest BCUT2D eigenvalue weighted by Crippen LogP contribution is 2.45. The average Bonchev–Trinajstić information content (AvgIpc) is 3.82. The average molecular weight is 767 g/mol. The maximum atomic E-state index is 14.4. The molecule has 3 aliphatic carbocycles. The lowest BCUT2D eigenvalue weighted by molar-refractivity contribution is -0.142. The topological polar surface area (TPSA) is 151 Å². The first-order valence-corrected chi connectivity index (χ1v) is 18.2. The highest BCUT2D eigenvalue weighted by atomic mass is 35.5. The van der Waals surface area contributed by atoms with Crippen LogP contribution < -0.4 is 25.4 Å². The number of carboxylic acids is 1. The summed E-state index contributed by atoms with van der Waals surface area (Å²) >= 11 is 7.11. The van der Waals surface area contributed by atoms with E-state index in [1.54, 1.807) is 7.11 Å². The van der Waals surface area contributed by atoms with Gasteiger partial charge in [-0.05, 0) is 80.7 Å². The highest BCUT2D eigenvalue weighted by Gasteiger charge is 2.50. The van der Waals surface area contributed by atoms with Crippen LogP contribution in [-0.2, 0) is 30.5 Å². The van der Waals surface area contributed by atoms with Gasteiger partial charge < -0.3 is 30.3 Å². The highest BCUT2D eigenvalue weighted by molar-refractivity contribution is 6.36. The van der Waals surface area contributed by atoms with Crippen LogP contribution in [0.3, 0.4) is 0 Å². The van der Waals surface area contributed by atoms with Crippen molar-refractivity contribution in [1.29, 1.82) is 0 Å². The predicted molar refractivity (Wildman–Crippen MR) is 196 cm³/mol. The fourth-order valence-corrected chi connectivity index (χ4v) is 8.03. The Morgan fingerprint density at radius 2 is 1.67 bits per heavy atom. The van der Waals surface area contributed by atoms with Crippen molar-refractivity contribution in [1.82, 2.24) is 25.6 Å².